The minimum atomic E-state index is -0.687. The Hall–Kier alpha value is -3.22. The van der Waals surface area contributed by atoms with Crippen LogP contribution in [0, 0.1) is 5.82 Å². The predicted octanol–water partition coefficient (Wildman–Crippen LogP) is 2.62. The third-order valence-electron chi connectivity index (χ3n) is 3.91. The maximum atomic E-state index is 12.9. The van der Waals surface area contributed by atoms with Gasteiger partial charge >= 0.3 is 6.03 Å². The van der Waals surface area contributed by atoms with E-state index in [-0.39, 0.29) is 0 Å². The molecule has 0 spiro atoms. The van der Waals surface area contributed by atoms with Crippen molar-refractivity contribution >= 4 is 29.2 Å². The predicted molar refractivity (Wildman–Crippen MR) is 90.5 cm³/mol. The van der Waals surface area contributed by atoms with E-state index in [1.807, 2.05) is 6.07 Å². The van der Waals surface area contributed by atoms with E-state index in [9.17, 15) is 18.8 Å². The molecule has 1 aliphatic heterocycles. The van der Waals surface area contributed by atoms with Crippen molar-refractivity contribution in [1.29, 1.82) is 0 Å². The summed E-state index contributed by atoms with van der Waals surface area (Å²) in [6.07, 6.45) is 0. The van der Waals surface area contributed by atoms with Gasteiger partial charge in [0.25, 0.3) is 5.91 Å². The van der Waals surface area contributed by atoms with Gasteiger partial charge in [0.2, 0.25) is 5.91 Å². The van der Waals surface area contributed by atoms with E-state index in [4.69, 9.17) is 0 Å². The van der Waals surface area contributed by atoms with Crippen LogP contribution in [0.25, 0.3) is 0 Å². The lowest BCUT2D eigenvalue weighted by molar-refractivity contribution is -0.130. The van der Waals surface area contributed by atoms with Crippen LogP contribution in [0.2, 0.25) is 0 Å². The molecule has 0 aromatic heterocycles. The Balaban J connectivity index is 1.72. The number of anilines is 2. The zero-order valence-corrected chi connectivity index (χ0v) is 13.5. The van der Waals surface area contributed by atoms with Gasteiger partial charge in [0.1, 0.15) is 18.4 Å². The molecule has 25 heavy (non-hydrogen) atoms. The molecule has 1 atom stereocenters. The monoisotopic (exact) mass is 341 g/mol. The summed E-state index contributed by atoms with van der Waals surface area (Å²) in [7, 11) is 0. The molecular weight excluding hydrogens is 325 g/mol. The maximum absolute atomic E-state index is 12.9. The van der Waals surface area contributed by atoms with Gasteiger partial charge in [0, 0.05) is 11.4 Å². The Morgan fingerprint density at radius 3 is 2.36 bits per heavy atom. The molecule has 2 aromatic rings. The summed E-state index contributed by atoms with van der Waals surface area (Å²) >= 11 is 0. The third-order valence-corrected chi connectivity index (χ3v) is 3.91. The van der Waals surface area contributed by atoms with E-state index in [0.717, 1.165) is 4.90 Å². The van der Waals surface area contributed by atoms with Gasteiger partial charge < -0.3 is 5.32 Å². The minimum absolute atomic E-state index is 0.387. The number of hydrogen-bond acceptors (Lipinski definition) is 3. The number of amides is 4. The summed E-state index contributed by atoms with van der Waals surface area (Å²) in [5.41, 5.74) is 0.980. The molecule has 1 saturated heterocycles. The Morgan fingerprint density at radius 1 is 1.08 bits per heavy atom. The average molecular weight is 341 g/mol. The highest BCUT2D eigenvalue weighted by molar-refractivity contribution is 6.16. The number of halogens is 1. The summed E-state index contributed by atoms with van der Waals surface area (Å²) in [5.74, 6) is -1.39. The molecule has 2 aromatic carbocycles. The fourth-order valence-electron chi connectivity index (χ4n) is 2.67. The molecule has 4 amide bonds. The Labute approximate surface area is 143 Å². The fourth-order valence-corrected chi connectivity index (χ4v) is 2.67. The second-order valence-corrected chi connectivity index (χ2v) is 5.64. The number of imide groups is 1. The first-order valence-electron chi connectivity index (χ1n) is 7.72. The lowest BCUT2D eigenvalue weighted by atomic mass is 10.2. The van der Waals surface area contributed by atoms with Crippen LogP contribution < -0.4 is 10.2 Å². The molecule has 1 aliphatic rings. The van der Waals surface area contributed by atoms with Crippen LogP contribution in [0.15, 0.2) is 54.6 Å². The van der Waals surface area contributed by atoms with Gasteiger partial charge in [-0.1, -0.05) is 18.2 Å². The molecule has 7 heteroatoms. The lowest BCUT2D eigenvalue weighted by Gasteiger charge is -2.19. The zero-order valence-electron chi connectivity index (χ0n) is 13.5. The number of nitrogens with one attached hydrogen (secondary N) is 1. The van der Waals surface area contributed by atoms with Crippen molar-refractivity contribution in [1.82, 2.24) is 4.90 Å². The van der Waals surface area contributed by atoms with E-state index in [1.165, 1.54) is 29.2 Å². The van der Waals surface area contributed by atoms with Gasteiger partial charge in [0.15, 0.2) is 0 Å². The van der Waals surface area contributed by atoms with Crippen molar-refractivity contribution < 1.29 is 18.8 Å². The highest BCUT2D eigenvalue weighted by Gasteiger charge is 2.43. The molecule has 0 bridgehead atoms. The number of carbonyl (C=O) groups is 3. The van der Waals surface area contributed by atoms with Crippen LogP contribution >= 0.6 is 0 Å². The first-order chi connectivity index (χ1) is 12.0. The van der Waals surface area contributed by atoms with Crippen molar-refractivity contribution in [3.63, 3.8) is 0 Å². The number of nitrogens with zero attached hydrogens (tertiary/aromatic N) is 2. The van der Waals surface area contributed by atoms with E-state index < -0.39 is 36.2 Å². The van der Waals surface area contributed by atoms with Gasteiger partial charge in [-0.2, -0.15) is 0 Å². The van der Waals surface area contributed by atoms with Gasteiger partial charge in [-0.05, 0) is 43.3 Å². The summed E-state index contributed by atoms with van der Waals surface area (Å²) in [6, 6.07) is 12.8. The molecule has 1 N–H and O–H groups in total. The van der Waals surface area contributed by atoms with E-state index >= 15 is 0 Å². The number of rotatable bonds is 4. The number of para-hydroxylation sites is 1. The molecule has 128 valence electrons. The minimum Gasteiger partial charge on any atom is -0.325 e. The molecule has 1 heterocycles. The second-order valence-electron chi connectivity index (χ2n) is 5.64. The SMILES string of the molecule is C[C@H]1C(=O)N(CC(=O)Nc2ccc(F)cc2)C(=O)N1c1ccccc1. The lowest BCUT2D eigenvalue weighted by Crippen LogP contribution is -2.39. The summed E-state index contributed by atoms with van der Waals surface area (Å²) in [5, 5.41) is 2.54. The third kappa shape index (κ3) is 3.35. The molecule has 0 aliphatic carbocycles. The van der Waals surface area contributed by atoms with Crippen LogP contribution in [0.1, 0.15) is 6.92 Å². The number of carbonyl (C=O) groups excluding carboxylic acids is 3. The van der Waals surface area contributed by atoms with E-state index in [2.05, 4.69) is 5.32 Å². The van der Waals surface area contributed by atoms with E-state index in [0.29, 0.717) is 11.4 Å². The molecule has 0 radical (unpaired) electrons. The van der Waals surface area contributed by atoms with Crippen LogP contribution in [-0.4, -0.2) is 35.3 Å². The Morgan fingerprint density at radius 2 is 1.72 bits per heavy atom. The zero-order chi connectivity index (χ0) is 18.0. The topological polar surface area (TPSA) is 69.7 Å². The standard InChI is InChI=1S/C18H16FN3O3/c1-12-17(24)21(18(25)22(12)15-5-3-2-4-6-15)11-16(23)20-14-9-7-13(19)8-10-14/h2-10,12H,11H2,1H3,(H,20,23)/t12-/m0/s1. The highest BCUT2D eigenvalue weighted by Crippen LogP contribution is 2.25. The molecule has 6 nitrogen and oxygen atoms in total. The highest BCUT2D eigenvalue weighted by atomic mass is 19.1. The van der Waals surface area contributed by atoms with E-state index in [1.54, 1.807) is 31.2 Å². The quantitative estimate of drug-likeness (QED) is 0.869. The van der Waals surface area contributed by atoms with Crippen molar-refractivity contribution in [3.05, 3.63) is 60.4 Å². The number of benzene rings is 2. The molecule has 0 saturated carbocycles. The van der Waals surface area contributed by atoms with Crippen LogP contribution in [-0.2, 0) is 9.59 Å². The Kier molecular flexibility index (Phi) is 4.47. The average Bonchev–Trinajstić information content (AvgIpc) is 2.81. The van der Waals surface area contributed by atoms with Gasteiger partial charge in [-0.15, -0.1) is 0 Å². The molecule has 1 fully saturated rings. The number of urea groups is 1. The summed E-state index contributed by atoms with van der Waals surface area (Å²) < 4.78 is 12.9. The van der Waals surface area contributed by atoms with Crippen molar-refractivity contribution in [2.75, 3.05) is 16.8 Å². The van der Waals surface area contributed by atoms with Crippen LogP contribution in [0.4, 0.5) is 20.6 Å². The normalized spacial score (nSPS) is 17.1. The van der Waals surface area contributed by atoms with Gasteiger partial charge in [-0.25, -0.2) is 9.18 Å². The first kappa shape index (κ1) is 16.6. The molecule has 0 unspecified atom stereocenters. The van der Waals surface area contributed by atoms with Crippen LogP contribution in [0.5, 0.6) is 0 Å². The van der Waals surface area contributed by atoms with Crippen molar-refractivity contribution in [2.24, 2.45) is 0 Å². The largest absolute Gasteiger partial charge is 0.332 e. The molecular formula is C18H16FN3O3. The maximum Gasteiger partial charge on any atom is 0.332 e. The van der Waals surface area contributed by atoms with Gasteiger partial charge in [-0.3, -0.25) is 19.4 Å². The molecule has 3 rings (SSSR count). The fraction of sp³-hybridized carbons (Fsp3) is 0.167. The van der Waals surface area contributed by atoms with Crippen molar-refractivity contribution in [3.8, 4) is 0 Å². The second kappa shape index (κ2) is 6.72. The Bertz CT molecular complexity index is 808. The smallest absolute Gasteiger partial charge is 0.325 e. The van der Waals surface area contributed by atoms with Crippen LogP contribution in [0.3, 0.4) is 0 Å². The number of hydrogen-bond donors (Lipinski definition) is 1. The first-order valence-corrected chi connectivity index (χ1v) is 7.72. The summed E-state index contributed by atoms with van der Waals surface area (Å²) in [4.78, 5) is 39.3. The van der Waals surface area contributed by atoms with Gasteiger partial charge in [0.05, 0.1) is 0 Å². The summed E-state index contributed by atoms with van der Waals surface area (Å²) in [6.45, 7) is 1.22. The van der Waals surface area contributed by atoms with Crippen molar-refractivity contribution in [2.45, 2.75) is 13.0 Å².